The van der Waals surface area contributed by atoms with Crippen molar-refractivity contribution in [3.63, 3.8) is 0 Å². The highest BCUT2D eigenvalue weighted by molar-refractivity contribution is 14.0. The molecule has 0 amide bonds. The number of benzene rings is 1. The summed E-state index contributed by atoms with van der Waals surface area (Å²) in [6.45, 7) is 7.70. The van der Waals surface area contributed by atoms with Crippen LogP contribution in [0.4, 0.5) is 0 Å². The molecule has 1 atom stereocenters. The Morgan fingerprint density at radius 2 is 1.66 bits per heavy atom. The molecule has 0 saturated carbocycles. The number of guanidine groups is 1. The molecule has 6 nitrogen and oxygen atoms in total. The van der Waals surface area contributed by atoms with Crippen LogP contribution in [0, 0.1) is 0 Å². The minimum Gasteiger partial charge on any atom is -0.497 e. The summed E-state index contributed by atoms with van der Waals surface area (Å²) >= 11 is 0. The summed E-state index contributed by atoms with van der Waals surface area (Å²) in [6, 6.07) is 8.86. The standard InChI is InChI=1S/C22H37N5O.HI/c1-23-22(24-12-17-26-13-4-3-5-14-26)25-18-21(27-15-6-7-16-27)19-8-10-20(28-2)11-9-19;/h8-11,21H,3-7,12-18H2,1-2H3,(H2,23,24,25);1H. The number of halogens is 1. The number of nitrogens with zero attached hydrogens (tertiary/aromatic N) is 3. The van der Waals surface area contributed by atoms with Crippen molar-refractivity contribution in [2.75, 3.05) is 60.0 Å². The smallest absolute Gasteiger partial charge is 0.191 e. The second-order valence-electron chi connectivity index (χ2n) is 7.81. The van der Waals surface area contributed by atoms with Crippen molar-refractivity contribution in [2.45, 2.75) is 38.1 Å². The molecule has 7 heteroatoms. The largest absolute Gasteiger partial charge is 0.497 e. The van der Waals surface area contributed by atoms with Gasteiger partial charge in [0.1, 0.15) is 5.75 Å². The van der Waals surface area contributed by atoms with Crippen LogP contribution in [-0.2, 0) is 0 Å². The maximum atomic E-state index is 5.32. The van der Waals surface area contributed by atoms with Gasteiger partial charge in [-0.2, -0.15) is 0 Å². The highest BCUT2D eigenvalue weighted by Gasteiger charge is 2.23. The predicted octanol–water partition coefficient (Wildman–Crippen LogP) is 3.10. The molecular weight excluding hydrogens is 477 g/mol. The average Bonchev–Trinajstić information content (AvgIpc) is 3.28. The van der Waals surface area contributed by atoms with Crippen LogP contribution in [0.25, 0.3) is 0 Å². The molecule has 29 heavy (non-hydrogen) atoms. The molecule has 0 aromatic heterocycles. The number of rotatable bonds is 8. The molecule has 2 aliphatic heterocycles. The van der Waals surface area contributed by atoms with Crippen molar-refractivity contribution in [1.82, 2.24) is 20.4 Å². The molecule has 2 N–H and O–H groups in total. The third-order valence-corrected chi connectivity index (χ3v) is 5.94. The Morgan fingerprint density at radius 1 is 1.00 bits per heavy atom. The zero-order chi connectivity index (χ0) is 19.6. The predicted molar refractivity (Wildman–Crippen MR) is 132 cm³/mol. The lowest BCUT2D eigenvalue weighted by Crippen LogP contribution is -2.45. The second-order valence-corrected chi connectivity index (χ2v) is 7.81. The van der Waals surface area contributed by atoms with E-state index >= 15 is 0 Å². The van der Waals surface area contributed by atoms with Gasteiger partial charge in [-0.25, -0.2) is 0 Å². The Bertz CT molecular complexity index is 598. The zero-order valence-electron chi connectivity index (χ0n) is 18.0. The first-order valence-electron chi connectivity index (χ1n) is 10.8. The summed E-state index contributed by atoms with van der Waals surface area (Å²) in [4.78, 5) is 9.56. The van der Waals surface area contributed by atoms with Gasteiger partial charge in [-0.1, -0.05) is 18.6 Å². The Labute approximate surface area is 193 Å². The van der Waals surface area contributed by atoms with E-state index in [1.165, 1.54) is 63.8 Å². The molecule has 2 fully saturated rings. The van der Waals surface area contributed by atoms with Crippen LogP contribution < -0.4 is 15.4 Å². The van der Waals surface area contributed by atoms with E-state index in [0.29, 0.717) is 6.04 Å². The van der Waals surface area contributed by atoms with E-state index in [0.717, 1.165) is 31.3 Å². The Morgan fingerprint density at radius 3 is 2.28 bits per heavy atom. The molecule has 3 rings (SSSR count). The van der Waals surface area contributed by atoms with Gasteiger partial charge in [0, 0.05) is 26.7 Å². The fourth-order valence-electron chi connectivity index (χ4n) is 4.27. The van der Waals surface area contributed by atoms with Crippen molar-refractivity contribution in [1.29, 1.82) is 0 Å². The quantitative estimate of drug-likeness (QED) is 0.317. The van der Waals surface area contributed by atoms with Gasteiger partial charge < -0.3 is 20.3 Å². The fraction of sp³-hybridized carbons (Fsp3) is 0.682. The van der Waals surface area contributed by atoms with E-state index in [2.05, 4.69) is 49.7 Å². The molecule has 0 radical (unpaired) electrons. The topological polar surface area (TPSA) is 52.1 Å². The fourth-order valence-corrected chi connectivity index (χ4v) is 4.27. The van der Waals surface area contributed by atoms with Crippen LogP contribution in [0.5, 0.6) is 5.75 Å². The molecule has 0 spiro atoms. The molecular formula is C22H38IN5O. The lowest BCUT2D eigenvalue weighted by Gasteiger charge is -2.29. The lowest BCUT2D eigenvalue weighted by molar-refractivity contribution is 0.231. The van der Waals surface area contributed by atoms with E-state index in [9.17, 15) is 0 Å². The first-order valence-corrected chi connectivity index (χ1v) is 10.8. The monoisotopic (exact) mass is 515 g/mol. The number of nitrogens with one attached hydrogen (secondary N) is 2. The summed E-state index contributed by atoms with van der Waals surface area (Å²) in [5.74, 6) is 1.81. The van der Waals surface area contributed by atoms with Gasteiger partial charge in [0.05, 0.1) is 13.2 Å². The zero-order valence-corrected chi connectivity index (χ0v) is 20.4. The molecule has 164 valence electrons. The first-order chi connectivity index (χ1) is 13.8. The second kappa shape index (κ2) is 13.3. The number of aliphatic imine (C=N–C) groups is 1. The normalized spacial score (nSPS) is 19.4. The average molecular weight is 515 g/mol. The van der Waals surface area contributed by atoms with Gasteiger partial charge in [0.2, 0.25) is 0 Å². The maximum absolute atomic E-state index is 5.32. The SMILES string of the molecule is CN=C(NCCN1CCCCC1)NCC(c1ccc(OC)cc1)N1CCCC1.I. The van der Waals surface area contributed by atoms with Crippen LogP contribution in [0.2, 0.25) is 0 Å². The molecule has 1 aromatic rings. The summed E-state index contributed by atoms with van der Waals surface area (Å²) < 4.78 is 5.32. The molecule has 1 unspecified atom stereocenters. The molecule has 0 bridgehead atoms. The van der Waals surface area contributed by atoms with E-state index in [-0.39, 0.29) is 24.0 Å². The third-order valence-electron chi connectivity index (χ3n) is 5.94. The van der Waals surface area contributed by atoms with Crippen LogP contribution >= 0.6 is 24.0 Å². The minimum absolute atomic E-state index is 0. The molecule has 2 saturated heterocycles. The third kappa shape index (κ3) is 7.61. The molecule has 0 aliphatic carbocycles. The number of piperidine rings is 1. The van der Waals surface area contributed by atoms with E-state index in [1.54, 1.807) is 7.11 Å². The van der Waals surface area contributed by atoms with Gasteiger partial charge in [-0.3, -0.25) is 9.89 Å². The Balaban J connectivity index is 0.00000300. The van der Waals surface area contributed by atoms with Crippen LogP contribution in [0.3, 0.4) is 0 Å². The van der Waals surface area contributed by atoms with Crippen molar-refractivity contribution in [3.05, 3.63) is 29.8 Å². The number of hydrogen-bond acceptors (Lipinski definition) is 4. The van der Waals surface area contributed by atoms with E-state index < -0.39 is 0 Å². The van der Waals surface area contributed by atoms with Gasteiger partial charge in [0.25, 0.3) is 0 Å². The van der Waals surface area contributed by atoms with E-state index in [1.807, 2.05) is 7.05 Å². The number of methoxy groups -OCH3 is 1. The number of ether oxygens (including phenoxy) is 1. The first kappa shape index (κ1) is 24.2. The highest BCUT2D eigenvalue weighted by atomic mass is 127. The van der Waals surface area contributed by atoms with Gasteiger partial charge in [-0.15, -0.1) is 24.0 Å². The summed E-state index contributed by atoms with van der Waals surface area (Å²) in [5, 5.41) is 7.05. The molecule has 1 aromatic carbocycles. The summed E-state index contributed by atoms with van der Waals surface area (Å²) in [5.41, 5.74) is 1.33. The minimum atomic E-state index is 0. The van der Waals surface area contributed by atoms with Crippen molar-refractivity contribution >= 4 is 29.9 Å². The Hall–Kier alpha value is -1.06. The van der Waals surface area contributed by atoms with Crippen LogP contribution in [0.15, 0.2) is 29.3 Å². The number of hydrogen-bond donors (Lipinski definition) is 2. The van der Waals surface area contributed by atoms with Crippen LogP contribution in [-0.4, -0.2) is 75.7 Å². The van der Waals surface area contributed by atoms with Gasteiger partial charge >= 0.3 is 0 Å². The van der Waals surface area contributed by atoms with Gasteiger partial charge in [0.15, 0.2) is 5.96 Å². The highest BCUT2D eigenvalue weighted by Crippen LogP contribution is 2.26. The maximum Gasteiger partial charge on any atom is 0.191 e. The number of likely N-dealkylation sites (tertiary alicyclic amines) is 2. The van der Waals surface area contributed by atoms with Crippen molar-refractivity contribution in [3.8, 4) is 5.75 Å². The van der Waals surface area contributed by atoms with Crippen molar-refractivity contribution in [2.24, 2.45) is 4.99 Å². The van der Waals surface area contributed by atoms with Gasteiger partial charge in [-0.05, 0) is 69.6 Å². The molecule has 2 aliphatic rings. The lowest BCUT2D eigenvalue weighted by atomic mass is 10.1. The van der Waals surface area contributed by atoms with Crippen LogP contribution in [0.1, 0.15) is 43.7 Å². The van der Waals surface area contributed by atoms with Crippen molar-refractivity contribution < 1.29 is 4.74 Å². The summed E-state index contributed by atoms with van der Waals surface area (Å²) in [6.07, 6.45) is 6.64. The Kier molecular flexibility index (Phi) is 11.1. The molecule has 2 heterocycles. The summed E-state index contributed by atoms with van der Waals surface area (Å²) in [7, 11) is 3.57. The van der Waals surface area contributed by atoms with E-state index in [4.69, 9.17) is 4.74 Å².